The van der Waals surface area contributed by atoms with Crippen LogP contribution in [0.15, 0.2) is 12.2 Å². The number of hydrogen-bond acceptors (Lipinski definition) is 1. The first kappa shape index (κ1) is 31.2. The highest BCUT2D eigenvalue weighted by molar-refractivity contribution is 5.71. The number of aliphatic carboxylic acids is 1. The molecule has 1 unspecified atom stereocenters. The van der Waals surface area contributed by atoms with Gasteiger partial charge >= 0.3 is 5.97 Å². The van der Waals surface area contributed by atoms with Gasteiger partial charge in [-0.05, 0) is 56.8 Å². The van der Waals surface area contributed by atoms with Crippen molar-refractivity contribution in [2.45, 2.75) is 163 Å². The summed E-state index contributed by atoms with van der Waals surface area (Å²) in [6.07, 6.45) is 30.7. The smallest absolute Gasteiger partial charge is 0.307 e. The summed E-state index contributed by atoms with van der Waals surface area (Å²) in [6.45, 7) is 8.81. The van der Waals surface area contributed by atoms with Crippen molar-refractivity contribution in [1.29, 1.82) is 0 Å². The first-order valence-corrected chi connectivity index (χ1v) is 14.5. The van der Waals surface area contributed by atoms with Crippen LogP contribution in [-0.4, -0.2) is 11.1 Å². The van der Waals surface area contributed by atoms with E-state index in [1.54, 1.807) is 0 Å². The summed E-state index contributed by atoms with van der Waals surface area (Å²) in [7, 11) is 0. The van der Waals surface area contributed by atoms with E-state index >= 15 is 0 Å². The molecule has 0 bridgehead atoms. The number of hydrogen-bond donors (Lipinski definition) is 1. The molecule has 0 heterocycles. The van der Waals surface area contributed by atoms with Crippen molar-refractivity contribution in [3.63, 3.8) is 0 Å². The minimum absolute atomic E-state index is 0.0197. The molecule has 190 valence electrons. The highest BCUT2D eigenvalue weighted by Crippen LogP contribution is 2.45. The average molecular weight is 451 g/mol. The maximum absolute atomic E-state index is 12.1. The van der Waals surface area contributed by atoms with E-state index in [0.29, 0.717) is 0 Å². The molecule has 32 heavy (non-hydrogen) atoms. The molecular weight excluding hydrogens is 392 g/mol. The minimum atomic E-state index is -0.563. The number of rotatable bonds is 24. The van der Waals surface area contributed by atoms with Gasteiger partial charge in [-0.2, -0.15) is 0 Å². The molecule has 1 N–H and O–H groups in total. The van der Waals surface area contributed by atoms with Crippen molar-refractivity contribution >= 4 is 5.97 Å². The van der Waals surface area contributed by atoms with E-state index in [9.17, 15) is 9.90 Å². The Morgan fingerprint density at radius 3 is 1.47 bits per heavy atom. The molecule has 0 aliphatic rings. The Morgan fingerprint density at radius 2 is 1.03 bits per heavy atom. The Labute approximate surface area is 202 Å². The molecule has 0 aliphatic heterocycles. The Hall–Kier alpha value is -0.790. The van der Waals surface area contributed by atoms with E-state index in [4.69, 9.17) is 0 Å². The molecule has 0 saturated heterocycles. The van der Waals surface area contributed by atoms with Crippen LogP contribution < -0.4 is 0 Å². The fourth-order valence-corrected chi connectivity index (χ4v) is 5.37. The zero-order valence-corrected chi connectivity index (χ0v) is 22.4. The summed E-state index contributed by atoms with van der Waals surface area (Å²) in [4.78, 5) is 12.1. The van der Waals surface area contributed by atoms with Gasteiger partial charge in [0, 0.05) is 0 Å². The summed E-state index contributed by atoms with van der Waals surface area (Å²) >= 11 is 0. The van der Waals surface area contributed by atoms with Crippen LogP contribution >= 0.6 is 0 Å². The van der Waals surface area contributed by atoms with Crippen LogP contribution in [0.5, 0.6) is 0 Å². The molecule has 0 spiro atoms. The standard InChI is InChI=1S/C30H58O2/c1-5-9-12-13-14-15-16-17-18-19-20-21-22-23-24-27-30(25-10-6-2,26-11-7-3)28(8-4)29(31)32/h17-18,28H,5-16,19-27H2,1-4H3,(H,31,32)/b18-17-. The maximum atomic E-state index is 12.1. The van der Waals surface area contributed by atoms with Gasteiger partial charge in [-0.15, -0.1) is 0 Å². The summed E-state index contributed by atoms with van der Waals surface area (Å²) < 4.78 is 0. The second-order valence-electron chi connectivity index (χ2n) is 10.2. The van der Waals surface area contributed by atoms with E-state index in [-0.39, 0.29) is 11.3 Å². The molecule has 1 atom stereocenters. The summed E-state index contributed by atoms with van der Waals surface area (Å²) in [5.74, 6) is -0.732. The van der Waals surface area contributed by atoms with Crippen molar-refractivity contribution in [1.82, 2.24) is 0 Å². The number of allylic oxidation sites excluding steroid dienone is 2. The Bertz CT molecular complexity index is 432. The highest BCUT2D eigenvalue weighted by atomic mass is 16.4. The van der Waals surface area contributed by atoms with Crippen molar-refractivity contribution < 1.29 is 9.90 Å². The van der Waals surface area contributed by atoms with Crippen molar-refractivity contribution in [3.8, 4) is 0 Å². The number of unbranched alkanes of at least 4 members (excludes halogenated alkanes) is 13. The lowest BCUT2D eigenvalue weighted by atomic mass is 9.65. The van der Waals surface area contributed by atoms with Crippen molar-refractivity contribution in [2.24, 2.45) is 11.3 Å². The fraction of sp³-hybridized carbons (Fsp3) is 0.900. The van der Waals surface area contributed by atoms with Crippen LogP contribution in [0.2, 0.25) is 0 Å². The highest BCUT2D eigenvalue weighted by Gasteiger charge is 2.40. The van der Waals surface area contributed by atoms with E-state index in [0.717, 1.165) is 38.5 Å². The molecule has 0 aliphatic carbocycles. The molecular formula is C30H58O2. The third-order valence-corrected chi connectivity index (χ3v) is 7.44. The first-order chi connectivity index (χ1) is 15.6. The molecule has 0 aromatic rings. The molecule has 0 radical (unpaired) electrons. The number of carboxylic acids is 1. The molecule has 0 fully saturated rings. The van der Waals surface area contributed by atoms with Gasteiger partial charge in [-0.1, -0.05) is 123 Å². The van der Waals surface area contributed by atoms with Gasteiger partial charge in [0.1, 0.15) is 0 Å². The topological polar surface area (TPSA) is 37.3 Å². The van der Waals surface area contributed by atoms with Gasteiger partial charge in [0.05, 0.1) is 5.92 Å². The Balaban J connectivity index is 4.18. The van der Waals surface area contributed by atoms with Crippen molar-refractivity contribution in [3.05, 3.63) is 12.2 Å². The van der Waals surface area contributed by atoms with E-state index in [1.807, 2.05) is 0 Å². The summed E-state index contributed by atoms with van der Waals surface area (Å²) in [5.41, 5.74) is 0.0197. The van der Waals surface area contributed by atoms with Crippen LogP contribution in [0.1, 0.15) is 163 Å². The predicted molar refractivity (Wildman–Crippen MR) is 142 cm³/mol. The molecule has 0 amide bonds. The second kappa shape index (κ2) is 22.0. The molecule has 0 saturated carbocycles. The lowest BCUT2D eigenvalue weighted by Crippen LogP contribution is -2.36. The monoisotopic (exact) mass is 450 g/mol. The van der Waals surface area contributed by atoms with Crippen LogP contribution in [-0.2, 0) is 4.79 Å². The molecule has 0 aromatic carbocycles. The zero-order chi connectivity index (χ0) is 23.9. The van der Waals surface area contributed by atoms with Gasteiger partial charge in [0.25, 0.3) is 0 Å². The lowest BCUT2D eigenvalue weighted by molar-refractivity contribution is -0.148. The summed E-state index contributed by atoms with van der Waals surface area (Å²) in [5, 5.41) is 9.93. The number of carbonyl (C=O) groups is 1. The van der Waals surface area contributed by atoms with E-state index in [2.05, 4.69) is 39.8 Å². The zero-order valence-electron chi connectivity index (χ0n) is 22.4. The summed E-state index contributed by atoms with van der Waals surface area (Å²) in [6, 6.07) is 0. The van der Waals surface area contributed by atoms with Gasteiger partial charge in [-0.3, -0.25) is 4.79 Å². The Kier molecular flexibility index (Phi) is 21.5. The normalized spacial score (nSPS) is 13.1. The quantitative estimate of drug-likeness (QED) is 0.117. The SMILES string of the molecule is CCCCCCCC/C=C\CCCCCCCC(CCCC)(CCCC)C(CC)C(=O)O. The minimum Gasteiger partial charge on any atom is -0.481 e. The van der Waals surface area contributed by atoms with E-state index < -0.39 is 5.97 Å². The molecule has 0 aromatic heterocycles. The third kappa shape index (κ3) is 15.1. The van der Waals surface area contributed by atoms with Gasteiger partial charge in [-0.25, -0.2) is 0 Å². The third-order valence-electron chi connectivity index (χ3n) is 7.44. The second-order valence-corrected chi connectivity index (χ2v) is 10.2. The lowest BCUT2D eigenvalue weighted by Gasteiger charge is -2.39. The largest absolute Gasteiger partial charge is 0.481 e. The maximum Gasteiger partial charge on any atom is 0.307 e. The predicted octanol–water partition coefficient (Wildman–Crippen LogP) is 10.5. The molecule has 2 nitrogen and oxygen atoms in total. The average Bonchev–Trinajstić information content (AvgIpc) is 2.78. The molecule has 2 heteroatoms. The first-order valence-electron chi connectivity index (χ1n) is 14.5. The Morgan fingerprint density at radius 1 is 0.625 bits per heavy atom. The van der Waals surface area contributed by atoms with Crippen LogP contribution in [0.25, 0.3) is 0 Å². The van der Waals surface area contributed by atoms with E-state index in [1.165, 1.54) is 96.3 Å². The van der Waals surface area contributed by atoms with Gasteiger partial charge in [0.15, 0.2) is 0 Å². The van der Waals surface area contributed by atoms with Crippen LogP contribution in [0.3, 0.4) is 0 Å². The van der Waals surface area contributed by atoms with Gasteiger partial charge in [0.2, 0.25) is 0 Å². The molecule has 0 rings (SSSR count). The van der Waals surface area contributed by atoms with Gasteiger partial charge < -0.3 is 5.11 Å². The van der Waals surface area contributed by atoms with Crippen molar-refractivity contribution in [2.75, 3.05) is 0 Å². The van der Waals surface area contributed by atoms with Crippen LogP contribution in [0.4, 0.5) is 0 Å². The number of carboxylic acid groups (broad SMARTS) is 1. The fourth-order valence-electron chi connectivity index (χ4n) is 5.37. The van der Waals surface area contributed by atoms with Crippen LogP contribution in [0, 0.1) is 11.3 Å².